The first kappa shape index (κ1) is 28.7. The maximum absolute atomic E-state index is 12.4. The lowest BCUT2D eigenvalue weighted by molar-refractivity contribution is -0.144. The normalized spacial score (nSPS) is 37.5. The molecule has 4 aliphatic carbocycles. The second-order valence-corrected chi connectivity index (χ2v) is 13.7. The molecule has 1 unspecified atom stereocenters. The molecular formula is C33H54O4. The highest BCUT2D eigenvalue weighted by Gasteiger charge is 2.60. The van der Waals surface area contributed by atoms with Crippen molar-refractivity contribution in [1.29, 1.82) is 0 Å². The summed E-state index contributed by atoms with van der Waals surface area (Å²) in [4.78, 5) is 23.5. The molecule has 4 aliphatic rings. The Kier molecular flexibility index (Phi) is 9.84. The Morgan fingerprint density at radius 1 is 0.865 bits per heavy atom. The average molecular weight is 515 g/mol. The lowest BCUT2D eigenvalue weighted by atomic mass is 9.44. The smallest absolute Gasteiger partial charge is 0.330 e. The minimum atomic E-state index is -0.362. The summed E-state index contributed by atoms with van der Waals surface area (Å²) in [6, 6.07) is 0. The number of hydrogen-bond donors (Lipinski definition) is 0. The molecule has 0 radical (unpaired) electrons. The Labute approximate surface area is 226 Å². The summed E-state index contributed by atoms with van der Waals surface area (Å²) in [5.74, 6) is 4.79. The summed E-state index contributed by atoms with van der Waals surface area (Å²) in [5, 5.41) is 0. The minimum Gasteiger partial charge on any atom is -0.466 e. The molecule has 37 heavy (non-hydrogen) atoms. The highest BCUT2D eigenvalue weighted by molar-refractivity contribution is 5.81. The molecule has 0 aliphatic heterocycles. The standard InChI is InChI=1S/C33H54O4/c1-5-30(34)36-22-10-6-7-11-23-37-31(35)18-13-24(2)27-16-17-28-26-15-14-25-12-8-9-20-32(25,3)29(26)19-21-33(27,28)4/h5,24-29H,1,6-23H2,2-4H3/t24-,25?,26+,27-,28+,29+,32+,33-/m1/s1. The second-order valence-electron chi connectivity index (χ2n) is 13.7. The van der Waals surface area contributed by atoms with Crippen LogP contribution in [0.15, 0.2) is 12.7 Å². The molecule has 4 fully saturated rings. The van der Waals surface area contributed by atoms with Crippen molar-refractivity contribution in [2.24, 2.45) is 46.3 Å². The molecule has 4 rings (SSSR count). The Hall–Kier alpha value is -1.32. The van der Waals surface area contributed by atoms with Crippen LogP contribution in [-0.4, -0.2) is 25.2 Å². The van der Waals surface area contributed by atoms with Crippen molar-refractivity contribution in [3.63, 3.8) is 0 Å². The summed E-state index contributed by atoms with van der Waals surface area (Å²) >= 11 is 0. The maximum atomic E-state index is 12.4. The fourth-order valence-corrected chi connectivity index (χ4v) is 9.86. The van der Waals surface area contributed by atoms with Crippen LogP contribution >= 0.6 is 0 Å². The number of ether oxygens (including phenoxy) is 2. The first-order valence-corrected chi connectivity index (χ1v) is 15.7. The summed E-state index contributed by atoms with van der Waals surface area (Å²) in [6.07, 6.45) is 20.9. The molecule has 0 heterocycles. The number of unbranched alkanes of at least 4 members (excludes halogenated alkanes) is 3. The van der Waals surface area contributed by atoms with E-state index in [1.165, 1.54) is 70.3 Å². The monoisotopic (exact) mass is 514 g/mol. The lowest BCUT2D eigenvalue weighted by Gasteiger charge is -2.61. The number of esters is 2. The number of rotatable bonds is 12. The summed E-state index contributed by atoms with van der Waals surface area (Å²) in [5.41, 5.74) is 1.09. The number of fused-ring (bicyclic) bond motifs is 5. The van der Waals surface area contributed by atoms with Crippen LogP contribution in [0.5, 0.6) is 0 Å². The van der Waals surface area contributed by atoms with Gasteiger partial charge in [0.25, 0.3) is 0 Å². The molecule has 0 aromatic heterocycles. The zero-order valence-electron chi connectivity index (χ0n) is 24.1. The zero-order chi connectivity index (χ0) is 26.5. The van der Waals surface area contributed by atoms with Crippen LogP contribution in [0.2, 0.25) is 0 Å². The van der Waals surface area contributed by atoms with E-state index in [0.717, 1.165) is 61.7 Å². The fraction of sp³-hybridized carbons (Fsp3) is 0.879. The Bertz CT molecular complexity index is 791. The third kappa shape index (κ3) is 6.30. The van der Waals surface area contributed by atoms with Crippen molar-refractivity contribution >= 4 is 11.9 Å². The fourth-order valence-electron chi connectivity index (χ4n) is 9.86. The van der Waals surface area contributed by atoms with Gasteiger partial charge in [0.2, 0.25) is 0 Å². The molecule has 0 saturated heterocycles. The molecule has 0 amide bonds. The van der Waals surface area contributed by atoms with Crippen molar-refractivity contribution in [3.05, 3.63) is 12.7 Å². The van der Waals surface area contributed by atoms with E-state index < -0.39 is 0 Å². The van der Waals surface area contributed by atoms with E-state index in [9.17, 15) is 9.59 Å². The molecule has 0 N–H and O–H groups in total. The third-order valence-electron chi connectivity index (χ3n) is 11.9. The second kappa shape index (κ2) is 12.7. The van der Waals surface area contributed by atoms with E-state index in [1.54, 1.807) is 0 Å². The van der Waals surface area contributed by atoms with Crippen LogP contribution in [-0.2, 0) is 19.1 Å². The molecule has 0 aromatic carbocycles. The predicted molar refractivity (Wildman–Crippen MR) is 149 cm³/mol. The molecule has 4 saturated carbocycles. The van der Waals surface area contributed by atoms with Gasteiger partial charge in [0.15, 0.2) is 0 Å². The Morgan fingerprint density at radius 3 is 2.35 bits per heavy atom. The maximum Gasteiger partial charge on any atom is 0.330 e. The van der Waals surface area contributed by atoms with Crippen LogP contribution in [0.1, 0.15) is 124 Å². The third-order valence-corrected chi connectivity index (χ3v) is 11.9. The van der Waals surface area contributed by atoms with Crippen LogP contribution < -0.4 is 0 Å². The van der Waals surface area contributed by atoms with Gasteiger partial charge in [-0.2, -0.15) is 0 Å². The minimum absolute atomic E-state index is 0.0290. The van der Waals surface area contributed by atoms with Crippen LogP contribution in [0.25, 0.3) is 0 Å². The molecule has 210 valence electrons. The quantitative estimate of drug-likeness (QED) is 0.149. The topological polar surface area (TPSA) is 52.6 Å². The zero-order valence-corrected chi connectivity index (χ0v) is 24.1. The van der Waals surface area contributed by atoms with Crippen molar-refractivity contribution < 1.29 is 19.1 Å². The van der Waals surface area contributed by atoms with Gasteiger partial charge in [-0.25, -0.2) is 4.79 Å². The van der Waals surface area contributed by atoms with Gasteiger partial charge in [-0.3, -0.25) is 4.79 Å². The van der Waals surface area contributed by atoms with Gasteiger partial charge in [-0.05, 0) is 130 Å². The van der Waals surface area contributed by atoms with Gasteiger partial charge in [0.1, 0.15) is 0 Å². The van der Waals surface area contributed by atoms with Crippen LogP contribution in [0.3, 0.4) is 0 Å². The SMILES string of the molecule is C=CC(=O)OCCCCCCOC(=O)CC[C@@H](C)[C@H]1CC[C@H]2[C@@H]3CCC4CCCC[C@]4(C)[C@H]3CC[C@]12C. The van der Waals surface area contributed by atoms with E-state index >= 15 is 0 Å². The van der Waals surface area contributed by atoms with Gasteiger partial charge >= 0.3 is 11.9 Å². The highest BCUT2D eigenvalue weighted by atomic mass is 16.5. The van der Waals surface area contributed by atoms with E-state index in [0.29, 0.717) is 36.4 Å². The van der Waals surface area contributed by atoms with Gasteiger partial charge in [-0.15, -0.1) is 0 Å². The Balaban J connectivity index is 1.17. The molecular weight excluding hydrogens is 460 g/mol. The lowest BCUT2D eigenvalue weighted by Crippen LogP contribution is -2.53. The van der Waals surface area contributed by atoms with Crippen molar-refractivity contribution in [2.45, 2.75) is 124 Å². The first-order chi connectivity index (χ1) is 17.8. The number of carbonyl (C=O) groups excluding carboxylic acids is 2. The van der Waals surface area contributed by atoms with Gasteiger partial charge < -0.3 is 9.47 Å². The molecule has 8 atom stereocenters. The largest absolute Gasteiger partial charge is 0.466 e. The Morgan fingerprint density at radius 2 is 1.59 bits per heavy atom. The van der Waals surface area contributed by atoms with Crippen LogP contribution in [0, 0.1) is 46.3 Å². The molecule has 4 heteroatoms. The molecule has 0 bridgehead atoms. The average Bonchev–Trinajstić information content (AvgIpc) is 3.25. The van der Waals surface area contributed by atoms with E-state index in [-0.39, 0.29) is 11.9 Å². The van der Waals surface area contributed by atoms with Crippen molar-refractivity contribution in [3.8, 4) is 0 Å². The summed E-state index contributed by atoms with van der Waals surface area (Å²) in [7, 11) is 0. The van der Waals surface area contributed by atoms with E-state index in [4.69, 9.17) is 9.47 Å². The van der Waals surface area contributed by atoms with Gasteiger partial charge in [0.05, 0.1) is 13.2 Å². The first-order valence-electron chi connectivity index (χ1n) is 15.7. The van der Waals surface area contributed by atoms with Gasteiger partial charge in [-0.1, -0.05) is 40.2 Å². The summed E-state index contributed by atoms with van der Waals surface area (Å²) in [6.45, 7) is 12.1. The molecule has 0 spiro atoms. The van der Waals surface area contributed by atoms with Crippen LogP contribution in [0.4, 0.5) is 0 Å². The molecule has 4 nitrogen and oxygen atoms in total. The molecule has 0 aromatic rings. The van der Waals surface area contributed by atoms with Gasteiger partial charge in [0, 0.05) is 12.5 Å². The van der Waals surface area contributed by atoms with E-state index in [1.807, 2.05) is 0 Å². The number of hydrogen-bond acceptors (Lipinski definition) is 4. The number of carbonyl (C=O) groups is 2. The summed E-state index contributed by atoms with van der Waals surface area (Å²) < 4.78 is 10.5. The van der Waals surface area contributed by atoms with Crippen molar-refractivity contribution in [1.82, 2.24) is 0 Å². The van der Waals surface area contributed by atoms with E-state index in [2.05, 4.69) is 27.4 Å². The predicted octanol–water partition coefficient (Wildman–Crippen LogP) is 8.28. The van der Waals surface area contributed by atoms with Crippen molar-refractivity contribution in [2.75, 3.05) is 13.2 Å². The highest BCUT2D eigenvalue weighted by Crippen LogP contribution is 2.68.